The molecule has 0 bridgehead atoms. The van der Waals surface area contributed by atoms with Crippen molar-refractivity contribution < 1.29 is 39.7 Å². The van der Waals surface area contributed by atoms with Crippen molar-refractivity contribution in [2.24, 2.45) is 0 Å². The van der Waals surface area contributed by atoms with Gasteiger partial charge in [-0.15, -0.1) is 0 Å². The summed E-state index contributed by atoms with van der Waals surface area (Å²) in [7, 11) is 1.26. The predicted molar refractivity (Wildman–Crippen MR) is 117 cm³/mol. The molecule has 2 aromatic rings. The Hall–Kier alpha value is -1.75. The molecule has 1 heterocycles. The van der Waals surface area contributed by atoms with E-state index in [-0.39, 0.29) is 0 Å². The van der Waals surface area contributed by atoms with E-state index >= 15 is 0 Å². The van der Waals surface area contributed by atoms with E-state index in [1.54, 1.807) is 18.2 Å². The van der Waals surface area contributed by atoms with Gasteiger partial charge in [0.1, 0.15) is 29.7 Å². The van der Waals surface area contributed by atoms with Crippen LogP contribution in [0.3, 0.4) is 0 Å². The number of ether oxygens (including phenoxy) is 3. The van der Waals surface area contributed by atoms with Crippen LogP contribution >= 0.6 is 11.6 Å². The van der Waals surface area contributed by atoms with Crippen molar-refractivity contribution in [2.75, 3.05) is 26.9 Å². The summed E-state index contributed by atoms with van der Waals surface area (Å²) < 4.78 is 16.8. The Morgan fingerprint density at radius 2 is 1.66 bits per heavy atom. The molecule has 0 unspecified atom stereocenters. The Kier molecular flexibility index (Phi) is 7.80. The molecule has 0 spiro atoms. The van der Waals surface area contributed by atoms with Crippen LogP contribution in [0.25, 0.3) is 0 Å². The largest absolute Gasteiger partial charge is 0.494 e. The van der Waals surface area contributed by atoms with E-state index < -0.39 is 42.9 Å². The first-order chi connectivity index (χ1) is 15.3. The van der Waals surface area contributed by atoms with E-state index in [0.717, 1.165) is 11.3 Å². The van der Waals surface area contributed by atoms with Gasteiger partial charge in [-0.25, -0.2) is 0 Å². The Labute approximate surface area is 191 Å². The molecular formula is C23H29ClO8. The summed E-state index contributed by atoms with van der Waals surface area (Å²) in [5.74, 6) is -1.22. The third-order valence-corrected chi connectivity index (χ3v) is 6.21. The van der Waals surface area contributed by atoms with Crippen molar-refractivity contribution in [3.63, 3.8) is 0 Å². The molecular weight excluding hydrogens is 440 g/mol. The average Bonchev–Trinajstić information content (AvgIpc) is 2.81. The summed E-state index contributed by atoms with van der Waals surface area (Å²) in [6.07, 6.45) is -4.77. The van der Waals surface area contributed by atoms with Crippen LogP contribution in [0.5, 0.6) is 5.75 Å². The normalized spacial score (nSPS) is 27.3. The van der Waals surface area contributed by atoms with Crippen molar-refractivity contribution in [2.45, 2.75) is 43.0 Å². The number of methoxy groups -OCH3 is 1. The van der Waals surface area contributed by atoms with Gasteiger partial charge in [0.2, 0.25) is 5.79 Å². The fourth-order valence-electron chi connectivity index (χ4n) is 3.96. The minimum absolute atomic E-state index is 0.301. The highest BCUT2D eigenvalue weighted by Gasteiger charge is 2.61. The maximum atomic E-state index is 10.8. The van der Waals surface area contributed by atoms with Gasteiger partial charge in [0.05, 0.1) is 19.8 Å². The molecule has 8 nitrogen and oxygen atoms in total. The third-order valence-electron chi connectivity index (χ3n) is 5.85. The minimum atomic E-state index is -1.97. The van der Waals surface area contributed by atoms with E-state index in [0.29, 0.717) is 29.2 Å². The second-order valence-electron chi connectivity index (χ2n) is 7.79. The van der Waals surface area contributed by atoms with Crippen LogP contribution < -0.4 is 4.74 Å². The first-order valence-corrected chi connectivity index (χ1v) is 10.7. The third kappa shape index (κ3) is 4.37. The van der Waals surface area contributed by atoms with E-state index in [2.05, 4.69) is 0 Å². The standard InChI is InChI=1S/C23H29ClO8/c1-3-31-17-7-4-14(5-8-17)10-15-11-16(6-9-18(15)24)23(30-2)21(29)19(27)20(28)22(12-25,13-26)32-23/h4-9,11,19-21,25-29H,3,10,12-13H2,1-2H3/t19-,20-,21-,23-/m0/s1. The Morgan fingerprint density at radius 1 is 1.00 bits per heavy atom. The average molecular weight is 469 g/mol. The van der Waals surface area contributed by atoms with E-state index in [1.165, 1.54) is 7.11 Å². The number of aliphatic hydroxyl groups excluding tert-OH is 5. The van der Waals surface area contributed by atoms with E-state index in [4.69, 9.17) is 25.8 Å². The fourth-order valence-corrected chi connectivity index (χ4v) is 4.14. The predicted octanol–water partition coefficient (Wildman–Crippen LogP) is 0.965. The monoisotopic (exact) mass is 468 g/mol. The van der Waals surface area contributed by atoms with Crippen LogP contribution in [0.1, 0.15) is 23.6 Å². The molecule has 2 aromatic carbocycles. The summed E-state index contributed by atoms with van der Waals surface area (Å²) in [6, 6.07) is 12.4. The van der Waals surface area contributed by atoms with Crippen molar-refractivity contribution in [1.82, 2.24) is 0 Å². The van der Waals surface area contributed by atoms with Gasteiger partial charge in [-0.3, -0.25) is 0 Å². The Bertz CT molecular complexity index is 901. The molecule has 9 heteroatoms. The summed E-state index contributed by atoms with van der Waals surface area (Å²) >= 11 is 6.42. The van der Waals surface area contributed by atoms with Gasteiger partial charge in [0.25, 0.3) is 0 Å². The second-order valence-corrected chi connectivity index (χ2v) is 8.20. The molecule has 3 rings (SSSR count). The Morgan fingerprint density at radius 3 is 2.22 bits per heavy atom. The summed E-state index contributed by atoms with van der Waals surface area (Å²) in [6.45, 7) is 0.849. The number of aliphatic hydroxyl groups is 5. The lowest BCUT2D eigenvalue weighted by molar-refractivity contribution is -0.401. The van der Waals surface area contributed by atoms with Gasteiger partial charge in [-0.05, 0) is 48.7 Å². The highest BCUT2D eigenvalue weighted by Crippen LogP contribution is 2.44. The number of benzene rings is 2. The molecule has 0 aliphatic carbocycles. The van der Waals surface area contributed by atoms with Crippen LogP contribution in [0.4, 0.5) is 0 Å². The van der Waals surface area contributed by atoms with Crippen LogP contribution in [0.15, 0.2) is 42.5 Å². The van der Waals surface area contributed by atoms with Crippen LogP contribution in [0, 0.1) is 0 Å². The molecule has 0 amide bonds. The first-order valence-electron chi connectivity index (χ1n) is 10.3. The number of hydrogen-bond donors (Lipinski definition) is 5. The summed E-state index contributed by atoms with van der Waals surface area (Å²) in [4.78, 5) is 0. The van der Waals surface area contributed by atoms with Crippen LogP contribution in [-0.4, -0.2) is 76.4 Å². The molecule has 1 aliphatic heterocycles. The van der Waals surface area contributed by atoms with Gasteiger partial charge in [-0.2, -0.15) is 0 Å². The zero-order valence-electron chi connectivity index (χ0n) is 17.9. The van der Waals surface area contributed by atoms with Gasteiger partial charge in [-0.1, -0.05) is 29.8 Å². The van der Waals surface area contributed by atoms with Crippen molar-refractivity contribution >= 4 is 11.6 Å². The van der Waals surface area contributed by atoms with Crippen molar-refractivity contribution in [3.05, 3.63) is 64.2 Å². The summed E-state index contributed by atoms with van der Waals surface area (Å²) in [5, 5.41) is 51.7. The van der Waals surface area contributed by atoms with Crippen molar-refractivity contribution in [1.29, 1.82) is 0 Å². The zero-order chi connectivity index (χ0) is 23.5. The van der Waals surface area contributed by atoms with Crippen molar-refractivity contribution in [3.8, 4) is 5.75 Å². The SMILES string of the molecule is CCOc1ccc(Cc2cc([C@]3(OC)OC(CO)(CO)[C@@H](O)[C@H](O)[C@@H]3O)ccc2Cl)cc1. The topological polar surface area (TPSA) is 129 Å². The molecule has 1 saturated heterocycles. The van der Waals surface area contributed by atoms with Gasteiger partial charge in [0, 0.05) is 17.7 Å². The maximum Gasteiger partial charge on any atom is 0.225 e. The second kappa shape index (κ2) is 10.0. The van der Waals surface area contributed by atoms with Gasteiger partial charge >= 0.3 is 0 Å². The molecule has 5 N–H and O–H groups in total. The van der Waals surface area contributed by atoms with Crippen LogP contribution in [-0.2, 0) is 21.7 Å². The molecule has 4 atom stereocenters. The lowest BCUT2D eigenvalue weighted by Crippen LogP contribution is -2.71. The highest BCUT2D eigenvalue weighted by atomic mass is 35.5. The number of halogens is 1. The molecule has 32 heavy (non-hydrogen) atoms. The maximum absolute atomic E-state index is 10.8. The minimum Gasteiger partial charge on any atom is -0.494 e. The van der Waals surface area contributed by atoms with Crippen LogP contribution in [0.2, 0.25) is 5.02 Å². The molecule has 0 aromatic heterocycles. The van der Waals surface area contributed by atoms with E-state index in [9.17, 15) is 25.5 Å². The van der Waals surface area contributed by atoms with Gasteiger partial charge < -0.3 is 39.7 Å². The number of rotatable bonds is 8. The quantitative estimate of drug-likeness (QED) is 0.387. The Balaban J connectivity index is 2.00. The lowest BCUT2D eigenvalue weighted by Gasteiger charge is -2.52. The fraction of sp³-hybridized carbons (Fsp3) is 0.478. The molecule has 176 valence electrons. The smallest absolute Gasteiger partial charge is 0.225 e. The lowest BCUT2D eigenvalue weighted by atomic mass is 9.81. The zero-order valence-corrected chi connectivity index (χ0v) is 18.7. The van der Waals surface area contributed by atoms with Gasteiger partial charge in [0.15, 0.2) is 0 Å². The highest BCUT2D eigenvalue weighted by molar-refractivity contribution is 6.31. The first kappa shape index (κ1) is 24.9. The number of hydrogen-bond acceptors (Lipinski definition) is 8. The summed E-state index contributed by atoms with van der Waals surface area (Å²) in [5.41, 5.74) is -0.00163. The van der Waals surface area contributed by atoms with E-state index in [1.807, 2.05) is 31.2 Å². The molecule has 0 saturated carbocycles. The molecule has 0 radical (unpaired) electrons. The molecule has 1 aliphatic rings. The molecule has 1 fully saturated rings.